The third-order valence-electron chi connectivity index (χ3n) is 2.38. The largest absolute Gasteiger partial charge is 0.354 e. The minimum atomic E-state index is 0.633. The van der Waals surface area contributed by atoms with Gasteiger partial charge in [0, 0.05) is 26.9 Å². The number of hydrogen-bond donors (Lipinski definition) is 2. The highest BCUT2D eigenvalue weighted by Gasteiger charge is 2.05. The molecule has 0 amide bonds. The molecule has 0 saturated heterocycles. The molecule has 6 heteroatoms. The number of rotatable bonds is 4. The van der Waals surface area contributed by atoms with E-state index >= 15 is 0 Å². The molecule has 1 heterocycles. The SMILES string of the molecule is CCNc1nc(C)cc(Nc2ccc(Cl)cc2I)n1. The predicted molar refractivity (Wildman–Crippen MR) is 88.4 cm³/mol. The van der Waals surface area contributed by atoms with Crippen molar-refractivity contribution in [2.45, 2.75) is 13.8 Å². The van der Waals surface area contributed by atoms with E-state index in [-0.39, 0.29) is 0 Å². The molecule has 0 radical (unpaired) electrons. The molecule has 0 bridgehead atoms. The van der Waals surface area contributed by atoms with Crippen LogP contribution in [0.25, 0.3) is 0 Å². The van der Waals surface area contributed by atoms with Crippen LogP contribution in [-0.4, -0.2) is 16.5 Å². The molecule has 0 fully saturated rings. The lowest BCUT2D eigenvalue weighted by atomic mass is 10.3. The van der Waals surface area contributed by atoms with E-state index in [4.69, 9.17) is 11.6 Å². The van der Waals surface area contributed by atoms with Crippen LogP contribution in [-0.2, 0) is 0 Å². The molecule has 2 N–H and O–H groups in total. The quantitative estimate of drug-likeness (QED) is 0.770. The molecule has 0 spiro atoms. The summed E-state index contributed by atoms with van der Waals surface area (Å²) < 4.78 is 1.05. The second-order valence-electron chi connectivity index (χ2n) is 4.00. The van der Waals surface area contributed by atoms with E-state index in [1.54, 1.807) is 0 Å². The molecule has 0 aliphatic carbocycles. The van der Waals surface area contributed by atoms with Gasteiger partial charge in [-0.25, -0.2) is 4.98 Å². The topological polar surface area (TPSA) is 49.8 Å². The number of aryl methyl sites for hydroxylation is 1. The lowest BCUT2D eigenvalue weighted by Gasteiger charge is -2.10. The van der Waals surface area contributed by atoms with Gasteiger partial charge in [-0.1, -0.05) is 11.6 Å². The van der Waals surface area contributed by atoms with Crippen molar-refractivity contribution in [1.82, 2.24) is 9.97 Å². The van der Waals surface area contributed by atoms with Crippen molar-refractivity contribution in [3.05, 3.63) is 38.6 Å². The lowest BCUT2D eigenvalue weighted by Crippen LogP contribution is -2.05. The van der Waals surface area contributed by atoms with E-state index in [0.717, 1.165) is 32.3 Å². The van der Waals surface area contributed by atoms with Crippen LogP contribution in [0.5, 0.6) is 0 Å². The maximum Gasteiger partial charge on any atom is 0.224 e. The summed E-state index contributed by atoms with van der Waals surface area (Å²) in [6, 6.07) is 7.61. The second-order valence-corrected chi connectivity index (χ2v) is 5.60. The molecule has 2 aromatic rings. The zero-order valence-electron chi connectivity index (χ0n) is 10.7. The van der Waals surface area contributed by atoms with Crippen molar-refractivity contribution in [3.8, 4) is 0 Å². The summed E-state index contributed by atoms with van der Waals surface area (Å²) in [5.41, 5.74) is 1.89. The van der Waals surface area contributed by atoms with Crippen molar-refractivity contribution in [2.75, 3.05) is 17.2 Å². The minimum absolute atomic E-state index is 0.633. The molecule has 0 aliphatic heterocycles. The van der Waals surface area contributed by atoms with Gasteiger partial charge in [-0.05, 0) is 54.6 Å². The Morgan fingerprint density at radius 2 is 2.05 bits per heavy atom. The highest BCUT2D eigenvalue weighted by molar-refractivity contribution is 14.1. The van der Waals surface area contributed by atoms with E-state index in [0.29, 0.717) is 5.95 Å². The van der Waals surface area contributed by atoms with Gasteiger partial charge in [-0.15, -0.1) is 0 Å². The van der Waals surface area contributed by atoms with Crippen molar-refractivity contribution >= 4 is 51.6 Å². The summed E-state index contributed by atoms with van der Waals surface area (Å²) in [4.78, 5) is 8.73. The number of benzene rings is 1. The first-order chi connectivity index (χ1) is 9.08. The van der Waals surface area contributed by atoms with Crippen LogP contribution in [0, 0.1) is 10.5 Å². The Morgan fingerprint density at radius 1 is 1.26 bits per heavy atom. The van der Waals surface area contributed by atoms with Crippen LogP contribution < -0.4 is 10.6 Å². The predicted octanol–water partition coefficient (Wildman–Crippen LogP) is 4.22. The zero-order chi connectivity index (χ0) is 13.8. The molecule has 0 saturated carbocycles. The number of halogens is 2. The molecule has 100 valence electrons. The Hall–Kier alpha value is -1.08. The molecule has 1 aromatic carbocycles. The molecule has 4 nitrogen and oxygen atoms in total. The van der Waals surface area contributed by atoms with Crippen molar-refractivity contribution < 1.29 is 0 Å². The lowest BCUT2D eigenvalue weighted by molar-refractivity contribution is 1.05. The normalized spacial score (nSPS) is 10.3. The maximum atomic E-state index is 5.94. The minimum Gasteiger partial charge on any atom is -0.354 e. The standard InChI is InChI=1S/C13H14ClIN4/c1-3-16-13-17-8(2)6-12(19-13)18-11-5-4-9(14)7-10(11)15/h4-7H,3H2,1-2H3,(H2,16,17,18,19). The van der Waals surface area contributed by atoms with E-state index < -0.39 is 0 Å². The molecular formula is C13H14ClIN4. The number of anilines is 3. The summed E-state index contributed by atoms with van der Waals surface area (Å²) in [5.74, 6) is 1.40. The number of nitrogens with one attached hydrogen (secondary N) is 2. The zero-order valence-corrected chi connectivity index (χ0v) is 13.6. The van der Waals surface area contributed by atoms with E-state index in [1.807, 2.05) is 38.1 Å². The van der Waals surface area contributed by atoms with E-state index in [2.05, 4.69) is 43.2 Å². The third-order valence-corrected chi connectivity index (χ3v) is 3.51. The van der Waals surface area contributed by atoms with Crippen LogP contribution in [0.2, 0.25) is 5.02 Å². The number of aromatic nitrogens is 2. The molecule has 19 heavy (non-hydrogen) atoms. The van der Waals surface area contributed by atoms with Gasteiger partial charge in [0.15, 0.2) is 0 Å². The number of hydrogen-bond acceptors (Lipinski definition) is 4. The fourth-order valence-electron chi connectivity index (χ4n) is 1.60. The van der Waals surface area contributed by atoms with Gasteiger partial charge in [-0.3, -0.25) is 0 Å². The first kappa shape index (κ1) is 14.3. The van der Waals surface area contributed by atoms with E-state index in [9.17, 15) is 0 Å². The Balaban J connectivity index is 2.27. The molecule has 0 unspecified atom stereocenters. The fraction of sp³-hybridized carbons (Fsp3) is 0.231. The van der Waals surface area contributed by atoms with Crippen LogP contribution in [0.15, 0.2) is 24.3 Å². The summed E-state index contributed by atoms with van der Waals surface area (Å²) in [6.07, 6.45) is 0. The molecule has 2 rings (SSSR count). The Kier molecular flexibility index (Phi) is 4.81. The smallest absolute Gasteiger partial charge is 0.224 e. The summed E-state index contributed by atoms with van der Waals surface area (Å²) >= 11 is 8.18. The van der Waals surface area contributed by atoms with Gasteiger partial charge < -0.3 is 10.6 Å². The van der Waals surface area contributed by atoms with E-state index in [1.165, 1.54) is 0 Å². The van der Waals surface area contributed by atoms with Gasteiger partial charge >= 0.3 is 0 Å². The summed E-state index contributed by atoms with van der Waals surface area (Å²) in [5, 5.41) is 7.12. The maximum absolute atomic E-state index is 5.94. The van der Waals surface area contributed by atoms with Crippen LogP contribution in [0.1, 0.15) is 12.6 Å². The molecule has 0 aliphatic rings. The van der Waals surface area contributed by atoms with Gasteiger partial charge in [-0.2, -0.15) is 4.98 Å². The van der Waals surface area contributed by atoms with Gasteiger partial charge in [0.05, 0.1) is 5.69 Å². The van der Waals surface area contributed by atoms with Crippen LogP contribution >= 0.6 is 34.2 Å². The summed E-state index contributed by atoms with van der Waals surface area (Å²) in [7, 11) is 0. The second kappa shape index (κ2) is 6.38. The first-order valence-corrected chi connectivity index (χ1v) is 7.36. The van der Waals surface area contributed by atoms with Crippen molar-refractivity contribution in [1.29, 1.82) is 0 Å². The summed E-state index contributed by atoms with van der Waals surface area (Å²) in [6.45, 7) is 4.75. The first-order valence-electron chi connectivity index (χ1n) is 5.90. The fourth-order valence-corrected chi connectivity index (χ4v) is 2.60. The Bertz CT molecular complexity index is 589. The average molecular weight is 389 g/mol. The van der Waals surface area contributed by atoms with Crippen LogP contribution in [0.3, 0.4) is 0 Å². The Labute approximate surface area is 131 Å². The van der Waals surface area contributed by atoms with Crippen molar-refractivity contribution in [2.24, 2.45) is 0 Å². The molecular weight excluding hydrogens is 375 g/mol. The van der Waals surface area contributed by atoms with Gasteiger partial charge in [0.25, 0.3) is 0 Å². The molecule has 1 aromatic heterocycles. The Morgan fingerprint density at radius 3 is 2.74 bits per heavy atom. The average Bonchev–Trinajstić information content (AvgIpc) is 2.32. The highest BCUT2D eigenvalue weighted by Crippen LogP contribution is 2.25. The molecule has 0 atom stereocenters. The monoisotopic (exact) mass is 388 g/mol. The van der Waals surface area contributed by atoms with Crippen LogP contribution in [0.4, 0.5) is 17.5 Å². The highest BCUT2D eigenvalue weighted by atomic mass is 127. The van der Waals surface area contributed by atoms with Gasteiger partial charge in [0.1, 0.15) is 5.82 Å². The van der Waals surface area contributed by atoms with Crippen molar-refractivity contribution in [3.63, 3.8) is 0 Å². The van der Waals surface area contributed by atoms with Gasteiger partial charge in [0.2, 0.25) is 5.95 Å². The third kappa shape index (κ3) is 3.94. The number of nitrogens with zero attached hydrogens (tertiary/aromatic N) is 2.